The van der Waals surface area contributed by atoms with E-state index in [2.05, 4.69) is 15.7 Å². The Hall–Kier alpha value is -1.92. The van der Waals surface area contributed by atoms with E-state index in [9.17, 15) is 4.79 Å². The maximum Gasteiger partial charge on any atom is 0.316 e. The Bertz CT molecular complexity index is 412. The first-order valence-corrected chi connectivity index (χ1v) is 5.99. The zero-order chi connectivity index (χ0) is 13.7. The number of carbonyl (C=O) groups excluding carboxylic acids is 1. The quantitative estimate of drug-likeness (QED) is 0.667. The number of carbonyl (C=O) groups is 1. The van der Waals surface area contributed by atoms with Crippen molar-refractivity contribution < 1.29 is 4.79 Å². The van der Waals surface area contributed by atoms with Crippen molar-refractivity contribution >= 4 is 17.5 Å². The van der Waals surface area contributed by atoms with Crippen LogP contribution in [-0.2, 0) is 6.54 Å². The highest BCUT2D eigenvalue weighted by molar-refractivity contribution is 5.73. The number of anilines is 2. The Morgan fingerprint density at radius 2 is 2.11 bits per heavy atom. The molecule has 1 aromatic rings. The van der Waals surface area contributed by atoms with Crippen LogP contribution in [0.3, 0.4) is 0 Å². The SMILES string of the molecule is CCn1nc(C)c(N)c1NCCNC(=O)N(C)C. The fourth-order valence-electron chi connectivity index (χ4n) is 1.52. The molecular weight excluding hydrogens is 232 g/mol. The Morgan fingerprint density at radius 1 is 1.44 bits per heavy atom. The van der Waals surface area contributed by atoms with E-state index >= 15 is 0 Å². The van der Waals surface area contributed by atoms with Crippen LogP contribution in [0.15, 0.2) is 0 Å². The molecule has 0 spiro atoms. The van der Waals surface area contributed by atoms with E-state index in [-0.39, 0.29) is 6.03 Å². The topological polar surface area (TPSA) is 88.2 Å². The number of nitrogen functional groups attached to an aromatic ring is 1. The molecule has 7 nitrogen and oxygen atoms in total. The zero-order valence-electron chi connectivity index (χ0n) is 11.4. The van der Waals surface area contributed by atoms with Gasteiger partial charge in [-0.05, 0) is 13.8 Å². The first-order valence-electron chi connectivity index (χ1n) is 5.99. The molecule has 0 fully saturated rings. The number of nitrogens with one attached hydrogen (secondary N) is 2. The molecule has 0 aromatic carbocycles. The van der Waals surface area contributed by atoms with E-state index in [1.165, 1.54) is 4.90 Å². The van der Waals surface area contributed by atoms with Crippen LogP contribution in [0.4, 0.5) is 16.3 Å². The van der Waals surface area contributed by atoms with E-state index < -0.39 is 0 Å². The molecule has 4 N–H and O–H groups in total. The summed E-state index contributed by atoms with van der Waals surface area (Å²) in [5.74, 6) is 0.814. The molecule has 0 unspecified atom stereocenters. The lowest BCUT2D eigenvalue weighted by atomic mass is 10.4. The van der Waals surface area contributed by atoms with E-state index in [1.807, 2.05) is 18.5 Å². The van der Waals surface area contributed by atoms with Gasteiger partial charge >= 0.3 is 6.03 Å². The summed E-state index contributed by atoms with van der Waals surface area (Å²) in [6.45, 7) is 5.77. The third-order valence-corrected chi connectivity index (χ3v) is 2.57. The minimum atomic E-state index is -0.107. The van der Waals surface area contributed by atoms with Gasteiger partial charge in [0.25, 0.3) is 0 Å². The van der Waals surface area contributed by atoms with Gasteiger partial charge in [-0.15, -0.1) is 0 Å². The molecule has 0 radical (unpaired) electrons. The van der Waals surface area contributed by atoms with Crippen LogP contribution in [0.5, 0.6) is 0 Å². The van der Waals surface area contributed by atoms with Crippen LogP contribution in [0, 0.1) is 6.92 Å². The molecule has 0 aliphatic rings. The number of hydrogen-bond donors (Lipinski definition) is 3. The lowest BCUT2D eigenvalue weighted by Crippen LogP contribution is -2.37. The molecule has 0 bridgehead atoms. The summed E-state index contributed by atoms with van der Waals surface area (Å²) in [5, 5.41) is 10.3. The number of nitrogens with two attached hydrogens (primary N) is 1. The largest absolute Gasteiger partial charge is 0.394 e. The van der Waals surface area contributed by atoms with Crippen molar-refractivity contribution in [2.45, 2.75) is 20.4 Å². The van der Waals surface area contributed by atoms with Crippen molar-refractivity contribution in [2.75, 3.05) is 38.2 Å². The first kappa shape index (κ1) is 14.1. The van der Waals surface area contributed by atoms with Gasteiger partial charge in [-0.3, -0.25) is 0 Å². The predicted octanol–water partition coefficient (Wildman–Crippen LogP) is 0.477. The minimum Gasteiger partial charge on any atom is -0.394 e. The lowest BCUT2D eigenvalue weighted by Gasteiger charge is -2.13. The molecule has 102 valence electrons. The normalized spacial score (nSPS) is 10.2. The monoisotopic (exact) mass is 254 g/mol. The molecule has 0 saturated heterocycles. The van der Waals surface area contributed by atoms with Crippen LogP contribution in [0.25, 0.3) is 0 Å². The summed E-state index contributed by atoms with van der Waals surface area (Å²) in [6, 6.07) is -0.107. The number of aromatic nitrogens is 2. The second-order valence-electron chi connectivity index (χ2n) is 4.22. The van der Waals surface area contributed by atoms with Crippen LogP contribution in [-0.4, -0.2) is 47.9 Å². The number of urea groups is 1. The molecule has 1 heterocycles. The number of aryl methyl sites for hydroxylation is 2. The summed E-state index contributed by atoms with van der Waals surface area (Å²) in [6.07, 6.45) is 0. The van der Waals surface area contributed by atoms with E-state index in [4.69, 9.17) is 5.73 Å². The first-order chi connectivity index (χ1) is 8.47. The van der Waals surface area contributed by atoms with Gasteiger partial charge in [0.2, 0.25) is 0 Å². The molecule has 0 saturated carbocycles. The van der Waals surface area contributed by atoms with Crippen LogP contribution >= 0.6 is 0 Å². The summed E-state index contributed by atoms with van der Waals surface area (Å²) >= 11 is 0. The van der Waals surface area contributed by atoms with Crippen molar-refractivity contribution in [3.8, 4) is 0 Å². The van der Waals surface area contributed by atoms with Gasteiger partial charge in [-0.1, -0.05) is 0 Å². The van der Waals surface area contributed by atoms with Gasteiger partial charge < -0.3 is 21.3 Å². The zero-order valence-corrected chi connectivity index (χ0v) is 11.4. The number of amides is 2. The van der Waals surface area contributed by atoms with Crippen molar-refractivity contribution in [1.82, 2.24) is 20.0 Å². The van der Waals surface area contributed by atoms with E-state index in [0.29, 0.717) is 18.8 Å². The second-order valence-corrected chi connectivity index (χ2v) is 4.22. The summed E-state index contributed by atoms with van der Waals surface area (Å²) in [4.78, 5) is 12.8. The summed E-state index contributed by atoms with van der Waals surface area (Å²) in [5.41, 5.74) is 7.41. The summed E-state index contributed by atoms with van der Waals surface area (Å²) < 4.78 is 1.82. The third kappa shape index (κ3) is 3.28. The molecule has 1 aromatic heterocycles. The highest BCUT2D eigenvalue weighted by atomic mass is 16.2. The Labute approximate surface area is 107 Å². The molecule has 0 aliphatic carbocycles. The van der Waals surface area contributed by atoms with Crippen molar-refractivity contribution in [3.05, 3.63) is 5.69 Å². The van der Waals surface area contributed by atoms with Crippen molar-refractivity contribution in [3.63, 3.8) is 0 Å². The standard InChI is InChI=1S/C11H22N6O/c1-5-17-10(9(12)8(2)15-17)13-6-7-14-11(18)16(3)4/h13H,5-7,12H2,1-4H3,(H,14,18). The smallest absolute Gasteiger partial charge is 0.316 e. The van der Waals surface area contributed by atoms with Gasteiger partial charge in [0.1, 0.15) is 5.82 Å². The predicted molar refractivity (Wildman–Crippen MR) is 72.6 cm³/mol. The fourth-order valence-corrected chi connectivity index (χ4v) is 1.52. The molecule has 2 amide bonds. The highest BCUT2D eigenvalue weighted by Gasteiger charge is 2.10. The molecule has 18 heavy (non-hydrogen) atoms. The van der Waals surface area contributed by atoms with Crippen molar-refractivity contribution in [2.24, 2.45) is 0 Å². The summed E-state index contributed by atoms with van der Waals surface area (Å²) in [7, 11) is 3.41. The van der Waals surface area contributed by atoms with Gasteiger partial charge in [0.05, 0.1) is 11.4 Å². The molecular formula is C11H22N6O. The van der Waals surface area contributed by atoms with Crippen LogP contribution < -0.4 is 16.4 Å². The Balaban J connectivity index is 2.47. The fraction of sp³-hybridized carbons (Fsp3) is 0.636. The van der Waals surface area contributed by atoms with Crippen molar-refractivity contribution in [1.29, 1.82) is 0 Å². The average molecular weight is 254 g/mol. The van der Waals surface area contributed by atoms with Crippen LogP contribution in [0.1, 0.15) is 12.6 Å². The number of rotatable bonds is 5. The molecule has 1 rings (SSSR count). The van der Waals surface area contributed by atoms with Gasteiger partial charge in [-0.2, -0.15) is 5.10 Å². The molecule has 0 atom stereocenters. The third-order valence-electron chi connectivity index (χ3n) is 2.57. The van der Waals surface area contributed by atoms with E-state index in [1.54, 1.807) is 14.1 Å². The maximum atomic E-state index is 11.3. The number of nitrogens with zero attached hydrogens (tertiary/aromatic N) is 3. The molecule has 7 heteroatoms. The molecule has 0 aliphatic heterocycles. The average Bonchev–Trinajstić information content (AvgIpc) is 2.61. The second kappa shape index (κ2) is 6.13. The maximum absolute atomic E-state index is 11.3. The van der Waals surface area contributed by atoms with Crippen LogP contribution in [0.2, 0.25) is 0 Å². The van der Waals surface area contributed by atoms with Gasteiger partial charge in [-0.25, -0.2) is 9.48 Å². The van der Waals surface area contributed by atoms with E-state index in [0.717, 1.165) is 18.1 Å². The number of hydrogen-bond acceptors (Lipinski definition) is 4. The van der Waals surface area contributed by atoms with Gasteiger partial charge in [0, 0.05) is 33.7 Å². The lowest BCUT2D eigenvalue weighted by molar-refractivity contribution is 0.218. The highest BCUT2D eigenvalue weighted by Crippen LogP contribution is 2.21. The Kier molecular flexibility index (Phi) is 4.82. The Morgan fingerprint density at radius 3 is 2.67 bits per heavy atom. The van der Waals surface area contributed by atoms with Gasteiger partial charge in [0.15, 0.2) is 0 Å². The minimum absolute atomic E-state index is 0.107.